The van der Waals surface area contributed by atoms with Crippen LogP contribution in [0.15, 0.2) is 88.2 Å². The highest BCUT2D eigenvalue weighted by Crippen LogP contribution is 2.26. The molecule has 0 fully saturated rings. The predicted octanol–water partition coefficient (Wildman–Crippen LogP) is 5.24. The molecule has 1 N–H and O–H groups in total. The van der Waals surface area contributed by atoms with Crippen molar-refractivity contribution >= 4 is 55.1 Å². The number of halogens is 2. The van der Waals surface area contributed by atoms with Gasteiger partial charge in [0.05, 0.1) is 10.6 Å². The molecule has 0 saturated heterocycles. The summed E-state index contributed by atoms with van der Waals surface area (Å²) in [6.07, 6.45) is 0. The number of anilines is 1. The molecule has 0 unspecified atom stereocenters. The Morgan fingerprint density at radius 2 is 1.51 bits per heavy atom. The molecule has 1 atom stereocenters. The molecule has 7 nitrogen and oxygen atoms in total. The van der Waals surface area contributed by atoms with Crippen LogP contribution in [0, 0.1) is 0 Å². The zero-order valence-electron chi connectivity index (χ0n) is 20.8. The van der Waals surface area contributed by atoms with Gasteiger partial charge in [-0.3, -0.25) is 13.9 Å². The lowest BCUT2D eigenvalue weighted by Gasteiger charge is -2.32. The van der Waals surface area contributed by atoms with Crippen molar-refractivity contribution in [3.63, 3.8) is 0 Å². The van der Waals surface area contributed by atoms with E-state index in [2.05, 4.69) is 21.2 Å². The Kier molecular flexibility index (Phi) is 9.75. The molecule has 37 heavy (non-hydrogen) atoms. The summed E-state index contributed by atoms with van der Waals surface area (Å²) in [4.78, 5) is 28.1. The lowest BCUT2D eigenvalue weighted by Crippen LogP contribution is -2.52. The van der Waals surface area contributed by atoms with Crippen LogP contribution in [0.25, 0.3) is 0 Å². The molecule has 2 amide bonds. The first-order chi connectivity index (χ1) is 17.5. The van der Waals surface area contributed by atoms with E-state index in [0.717, 1.165) is 8.78 Å². The average Bonchev–Trinajstić information content (AvgIpc) is 2.87. The van der Waals surface area contributed by atoms with E-state index in [1.54, 1.807) is 73.7 Å². The van der Waals surface area contributed by atoms with Crippen LogP contribution >= 0.6 is 27.5 Å². The quantitative estimate of drug-likeness (QED) is 0.342. The average molecular weight is 607 g/mol. The molecular formula is C27H29BrClN3O4S. The third-order valence-electron chi connectivity index (χ3n) is 5.62. The van der Waals surface area contributed by atoms with E-state index in [9.17, 15) is 18.0 Å². The second-order valence-corrected chi connectivity index (χ2v) is 11.9. The van der Waals surface area contributed by atoms with Gasteiger partial charge in [-0.2, -0.15) is 0 Å². The molecule has 0 saturated carbocycles. The zero-order valence-corrected chi connectivity index (χ0v) is 23.9. The summed E-state index contributed by atoms with van der Waals surface area (Å²) in [6.45, 7) is 4.79. The number of rotatable bonds is 10. The number of hydrogen-bond acceptors (Lipinski definition) is 4. The lowest BCUT2D eigenvalue weighted by molar-refractivity contribution is -0.139. The minimum atomic E-state index is -4.10. The van der Waals surface area contributed by atoms with Gasteiger partial charge in [-0.15, -0.1) is 0 Å². The van der Waals surface area contributed by atoms with Gasteiger partial charge in [0.15, 0.2) is 0 Å². The maximum absolute atomic E-state index is 13.8. The minimum Gasteiger partial charge on any atom is -0.352 e. The molecule has 0 aromatic heterocycles. The SMILES string of the molecule is CC(C)NC(=O)[C@@H](C)N(Cc1ccccc1Cl)C(=O)CN(c1ccc(Br)cc1)S(=O)(=O)c1ccccc1. The van der Waals surface area contributed by atoms with Crippen LogP contribution in [0.2, 0.25) is 5.02 Å². The number of nitrogens with one attached hydrogen (secondary N) is 1. The lowest BCUT2D eigenvalue weighted by atomic mass is 10.1. The van der Waals surface area contributed by atoms with Crippen LogP contribution in [0.5, 0.6) is 0 Å². The highest BCUT2D eigenvalue weighted by Gasteiger charge is 2.32. The van der Waals surface area contributed by atoms with E-state index in [1.165, 1.54) is 17.0 Å². The van der Waals surface area contributed by atoms with Crippen molar-refractivity contribution in [3.05, 3.63) is 93.9 Å². The molecule has 0 spiro atoms. The zero-order chi connectivity index (χ0) is 27.2. The predicted molar refractivity (Wildman–Crippen MR) is 150 cm³/mol. The number of carbonyl (C=O) groups is 2. The maximum Gasteiger partial charge on any atom is 0.264 e. The second kappa shape index (κ2) is 12.6. The molecule has 3 aromatic rings. The summed E-state index contributed by atoms with van der Waals surface area (Å²) < 4.78 is 29.2. The van der Waals surface area contributed by atoms with Crippen molar-refractivity contribution in [2.45, 2.75) is 44.3 Å². The van der Waals surface area contributed by atoms with Crippen molar-refractivity contribution in [3.8, 4) is 0 Å². The number of amides is 2. The third-order valence-corrected chi connectivity index (χ3v) is 8.31. The van der Waals surface area contributed by atoms with Crippen molar-refractivity contribution in [2.75, 3.05) is 10.8 Å². The Labute approximate surface area is 231 Å². The molecule has 0 aliphatic rings. The van der Waals surface area contributed by atoms with Crippen LogP contribution in [0.1, 0.15) is 26.3 Å². The number of sulfonamides is 1. The minimum absolute atomic E-state index is 0.0325. The van der Waals surface area contributed by atoms with E-state index < -0.39 is 28.5 Å². The van der Waals surface area contributed by atoms with Gasteiger partial charge in [-0.25, -0.2) is 8.42 Å². The fourth-order valence-corrected chi connectivity index (χ4v) is 5.55. The van der Waals surface area contributed by atoms with Crippen molar-refractivity contribution in [1.29, 1.82) is 0 Å². The van der Waals surface area contributed by atoms with Gasteiger partial charge < -0.3 is 10.2 Å². The van der Waals surface area contributed by atoms with Gasteiger partial charge in [0.25, 0.3) is 10.0 Å². The molecule has 3 rings (SSSR count). The number of carbonyl (C=O) groups excluding carboxylic acids is 2. The molecule has 10 heteroatoms. The molecule has 0 radical (unpaired) electrons. The third kappa shape index (κ3) is 7.34. The largest absolute Gasteiger partial charge is 0.352 e. The smallest absolute Gasteiger partial charge is 0.264 e. The first-order valence-electron chi connectivity index (χ1n) is 11.7. The monoisotopic (exact) mass is 605 g/mol. The second-order valence-electron chi connectivity index (χ2n) is 8.75. The van der Waals surface area contributed by atoms with Crippen LogP contribution in [-0.2, 0) is 26.2 Å². The number of benzene rings is 3. The summed E-state index contributed by atoms with van der Waals surface area (Å²) in [5.41, 5.74) is 0.959. The molecule has 0 aliphatic heterocycles. The van der Waals surface area contributed by atoms with E-state index >= 15 is 0 Å². The summed E-state index contributed by atoms with van der Waals surface area (Å²) in [5, 5.41) is 3.27. The molecule has 0 heterocycles. The van der Waals surface area contributed by atoms with Crippen LogP contribution < -0.4 is 9.62 Å². The Morgan fingerprint density at radius 3 is 2.11 bits per heavy atom. The first kappa shape index (κ1) is 28.7. The van der Waals surface area contributed by atoms with Gasteiger partial charge in [0, 0.05) is 22.1 Å². The Hall–Kier alpha value is -2.88. The fraction of sp³-hybridized carbons (Fsp3) is 0.259. The van der Waals surface area contributed by atoms with Crippen molar-refractivity contribution in [2.24, 2.45) is 0 Å². The van der Waals surface area contributed by atoms with Crippen molar-refractivity contribution < 1.29 is 18.0 Å². The van der Waals surface area contributed by atoms with Gasteiger partial charge in [-0.05, 0) is 68.8 Å². The van der Waals surface area contributed by atoms with Gasteiger partial charge in [-0.1, -0.05) is 63.9 Å². The number of hydrogen-bond donors (Lipinski definition) is 1. The van der Waals surface area contributed by atoms with Crippen molar-refractivity contribution in [1.82, 2.24) is 10.2 Å². The molecule has 196 valence electrons. The molecule has 0 aliphatic carbocycles. The summed E-state index contributed by atoms with van der Waals surface area (Å²) >= 11 is 9.72. The summed E-state index contributed by atoms with van der Waals surface area (Å²) in [5.74, 6) is -0.898. The normalized spacial score (nSPS) is 12.2. The van der Waals surface area contributed by atoms with Crippen LogP contribution in [-0.4, -0.2) is 43.8 Å². The van der Waals surface area contributed by atoms with Gasteiger partial charge in [0.2, 0.25) is 11.8 Å². The van der Waals surface area contributed by atoms with Crippen LogP contribution in [0.3, 0.4) is 0 Å². The Bertz CT molecular complexity index is 1340. The highest BCUT2D eigenvalue weighted by molar-refractivity contribution is 9.10. The summed E-state index contributed by atoms with van der Waals surface area (Å²) in [7, 11) is -4.10. The standard InChI is InChI=1S/C27H29BrClN3O4S/c1-19(2)30-27(34)20(3)31(17-21-9-7-8-12-25(21)29)26(33)18-32(23-15-13-22(28)14-16-23)37(35,36)24-10-5-4-6-11-24/h4-16,19-20H,17-18H2,1-3H3,(H,30,34)/t20-/m1/s1. The Balaban J connectivity index is 2.02. The highest BCUT2D eigenvalue weighted by atomic mass is 79.9. The molecular weight excluding hydrogens is 578 g/mol. The van der Waals surface area contributed by atoms with Crippen LogP contribution in [0.4, 0.5) is 5.69 Å². The first-order valence-corrected chi connectivity index (χ1v) is 14.3. The fourth-order valence-electron chi connectivity index (χ4n) is 3.65. The topological polar surface area (TPSA) is 86.8 Å². The van der Waals surface area contributed by atoms with E-state index in [4.69, 9.17) is 11.6 Å². The van der Waals surface area contributed by atoms with E-state index in [0.29, 0.717) is 16.3 Å². The molecule has 3 aromatic carbocycles. The van der Waals surface area contributed by atoms with E-state index in [-0.39, 0.29) is 23.4 Å². The maximum atomic E-state index is 13.8. The number of nitrogens with zero attached hydrogens (tertiary/aromatic N) is 2. The van der Waals surface area contributed by atoms with Gasteiger partial charge >= 0.3 is 0 Å². The summed E-state index contributed by atoms with van der Waals surface area (Å²) in [6, 6.07) is 20.6. The Morgan fingerprint density at radius 1 is 0.919 bits per heavy atom. The molecule has 0 bridgehead atoms. The van der Waals surface area contributed by atoms with E-state index in [1.807, 2.05) is 13.8 Å². The van der Waals surface area contributed by atoms with Gasteiger partial charge in [0.1, 0.15) is 12.6 Å².